The maximum absolute atomic E-state index is 13.3. The standard InChI is InChI=1S/C20H15F2N3O3/c1-28-20(27)12-2-4-14(5-3-12)24-16-8-13(10-23-11-16)19(26)25-15-6-7-17(21)18(22)9-15/h2-11,24H,1H3,(H,25,26). The maximum Gasteiger partial charge on any atom is 0.337 e. The Hall–Kier alpha value is -3.81. The maximum atomic E-state index is 13.3. The lowest BCUT2D eigenvalue weighted by molar-refractivity contribution is 0.0600. The first-order valence-corrected chi connectivity index (χ1v) is 8.13. The molecular formula is C20H15F2N3O3. The van der Waals surface area contributed by atoms with E-state index in [4.69, 9.17) is 0 Å². The van der Waals surface area contributed by atoms with Crippen LogP contribution in [0.15, 0.2) is 60.9 Å². The molecule has 142 valence electrons. The third-order valence-corrected chi connectivity index (χ3v) is 3.77. The van der Waals surface area contributed by atoms with E-state index in [1.807, 2.05) is 0 Å². The van der Waals surface area contributed by atoms with Crippen LogP contribution in [-0.4, -0.2) is 24.0 Å². The number of methoxy groups -OCH3 is 1. The van der Waals surface area contributed by atoms with Gasteiger partial charge in [-0.15, -0.1) is 0 Å². The van der Waals surface area contributed by atoms with Crippen LogP contribution in [-0.2, 0) is 4.74 Å². The fraction of sp³-hybridized carbons (Fsp3) is 0.0500. The average molecular weight is 383 g/mol. The highest BCUT2D eigenvalue weighted by molar-refractivity contribution is 6.04. The lowest BCUT2D eigenvalue weighted by Crippen LogP contribution is -2.12. The normalized spacial score (nSPS) is 10.2. The topological polar surface area (TPSA) is 80.3 Å². The molecule has 0 saturated heterocycles. The van der Waals surface area contributed by atoms with Crippen LogP contribution in [0.4, 0.5) is 25.8 Å². The monoisotopic (exact) mass is 383 g/mol. The molecule has 0 saturated carbocycles. The number of anilines is 3. The predicted octanol–water partition coefficient (Wildman–Crippen LogP) is 4.14. The quantitative estimate of drug-likeness (QED) is 0.647. The summed E-state index contributed by atoms with van der Waals surface area (Å²) >= 11 is 0. The van der Waals surface area contributed by atoms with E-state index < -0.39 is 23.5 Å². The summed E-state index contributed by atoms with van der Waals surface area (Å²) in [5, 5.41) is 5.54. The first-order valence-electron chi connectivity index (χ1n) is 8.13. The van der Waals surface area contributed by atoms with E-state index in [-0.39, 0.29) is 11.3 Å². The highest BCUT2D eigenvalue weighted by Gasteiger charge is 2.10. The molecule has 1 aromatic heterocycles. The number of pyridine rings is 1. The lowest BCUT2D eigenvalue weighted by Gasteiger charge is -2.09. The van der Waals surface area contributed by atoms with Crippen molar-refractivity contribution in [3.63, 3.8) is 0 Å². The van der Waals surface area contributed by atoms with E-state index in [0.29, 0.717) is 16.9 Å². The number of carbonyl (C=O) groups is 2. The van der Waals surface area contributed by atoms with Gasteiger partial charge >= 0.3 is 5.97 Å². The third kappa shape index (κ3) is 4.47. The number of benzene rings is 2. The van der Waals surface area contributed by atoms with Crippen LogP contribution < -0.4 is 10.6 Å². The summed E-state index contributed by atoms with van der Waals surface area (Å²) in [6.45, 7) is 0. The largest absolute Gasteiger partial charge is 0.465 e. The second kappa shape index (κ2) is 8.26. The predicted molar refractivity (Wildman–Crippen MR) is 99.6 cm³/mol. The molecule has 0 bridgehead atoms. The van der Waals surface area contributed by atoms with E-state index >= 15 is 0 Å². The van der Waals surface area contributed by atoms with Crippen molar-refractivity contribution in [3.05, 3.63) is 83.7 Å². The van der Waals surface area contributed by atoms with Crippen molar-refractivity contribution in [2.45, 2.75) is 0 Å². The number of halogens is 2. The number of hydrogen-bond donors (Lipinski definition) is 2. The molecule has 0 aliphatic heterocycles. The van der Waals surface area contributed by atoms with Crippen LogP contribution in [0.1, 0.15) is 20.7 Å². The third-order valence-electron chi connectivity index (χ3n) is 3.77. The summed E-state index contributed by atoms with van der Waals surface area (Å²) in [4.78, 5) is 27.8. The number of hydrogen-bond acceptors (Lipinski definition) is 5. The lowest BCUT2D eigenvalue weighted by atomic mass is 10.2. The van der Waals surface area contributed by atoms with Gasteiger partial charge in [-0.1, -0.05) is 0 Å². The molecule has 3 aromatic rings. The molecule has 2 N–H and O–H groups in total. The van der Waals surface area contributed by atoms with E-state index in [1.54, 1.807) is 30.3 Å². The molecule has 1 amide bonds. The highest BCUT2D eigenvalue weighted by atomic mass is 19.2. The summed E-state index contributed by atoms with van der Waals surface area (Å²) in [7, 11) is 1.30. The molecule has 3 rings (SSSR count). The van der Waals surface area contributed by atoms with Gasteiger partial charge in [0, 0.05) is 23.6 Å². The number of ether oxygens (including phenoxy) is 1. The van der Waals surface area contributed by atoms with Gasteiger partial charge < -0.3 is 15.4 Å². The van der Waals surface area contributed by atoms with E-state index in [1.165, 1.54) is 25.6 Å². The van der Waals surface area contributed by atoms with Crippen molar-refractivity contribution < 1.29 is 23.1 Å². The summed E-state index contributed by atoms with van der Waals surface area (Å²) in [5.74, 6) is -3.02. The van der Waals surface area contributed by atoms with Crippen molar-refractivity contribution in [1.29, 1.82) is 0 Å². The Labute approximate surface area is 159 Å². The molecule has 0 aliphatic rings. The number of nitrogens with zero attached hydrogens (tertiary/aromatic N) is 1. The van der Waals surface area contributed by atoms with Gasteiger partial charge in [-0.3, -0.25) is 9.78 Å². The summed E-state index contributed by atoms with van der Waals surface area (Å²) in [5.41, 5.74) is 1.96. The van der Waals surface area contributed by atoms with Crippen molar-refractivity contribution in [2.24, 2.45) is 0 Å². The summed E-state index contributed by atoms with van der Waals surface area (Å²) < 4.78 is 30.9. The second-order valence-corrected chi connectivity index (χ2v) is 5.74. The van der Waals surface area contributed by atoms with Gasteiger partial charge in [0.1, 0.15) is 0 Å². The minimum absolute atomic E-state index is 0.126. The Kier molecular flexibility index (Phi) is 5.59. The van der Waals surface area contributed by atoms with E-state index in [9.17, 15) is 18.4 Å². The molecule has 8 heteroatoms. The highest BCUT2D eigenvalue weighted by Crippen LogP contribution is 2.19. The molecule has 28 heavy (non-hydrogen) atoms. The first kappa shape index (κ1) is 19.0. The van der Waals surface area contributed by atoms with Crippen LogP contribution in [0.5, 0.6) is 0 Å². The van der Waals surface area contributed by atoms with E-state index in [2.05, 4.69) is 20.4 Å². The van der Waals surface area contributed by atoms with Crippen LogP contribution in [0.3, 0.4) is 0 Å². The minimum Gasteiger partial charge on any atom is -0.465 e. The van der Waals surface area contributed by atoms with Crippen molar-refractivity contribution >= 4 is 28.9 Å². The minimum atomic E-state index is -1.05. The van der Waals surface area contributed by atoms with Gasteiger partial charge in [-0.25, -0.2) is 13.6 Å². The van der Waals surface area contributed by atoms with Gasteiger partial charge in [0.15, 0.2) is 11.6 Å². The SMILES string of the molecule is COC(=O)c1ccc(Nc2cncc(C(=O)Nc3ccc(F)c(F)c3)c2)cc1. The molecule has 0 unspecified atom stereocenters. The molecule has 0 aliphatic carbocycles. The zero-order valence-corrected chi connectivity index (χ0v) is 14.7. The van der Waals surface area contributed by atoms with Gasteiger partial charge in [0.05, 0.1) is 30.1 Å². The molecule has 2 aromatic carbocycles. The molecule has 0 radical (unpaired) electrons. The Morgan fingerprint density at radius 2 is 1.57 bits per heavy atom. The Morgan fingerprint density at radius 3 is 2.25 bits per heavy atom. The Morgan fingerprint density at radius 1 is 0.857 bits per heavy atom. The van der Waals surface area contributed by atoms with Crippen LogP contribution >= 0.6 is 0 Å². The van der Waals surface area contributed by atoms with Gasteiger partial charge in [-0.2, -0.15) is 0 Å². The Bertz CT molecular complexity index is 1020. The molecular weight excluding hydrogens is 368 g/mol. The van der Waals surface area contributed by atoms with Gasteiger partial charge in [0.2, 0.25) is 0 Å². The fourth-order valence-corrected chi connectivity index (χ4v) is 2.38. The summed E-state index contributed by atoms with van der Waals surface area (Å²) in [6, 6.07) is 11.2. The van der Waals surface area contributed by atoms with Crippen molar-refractivity contribution in [1.82, 2.24) is 4.98 Å². The average Bonchev–Trinajstić information content (AvgIpc) is 2.71. The second-order valence-electron chi connectivity index (χ2n) is 5.74. The summed E-state index contributed by atoms with van der Waals surface area (Å²) in [6.07, 6.45) is 2.86. The fourth-order valence-electron chi connectivity index (χ4n) is 2.38. The Balaban J connectivity index is 1.71. The molecule has 0 fully saturated rings. The zero-order chi connectivity index (χ0) is 20.1. The number of rotatable bonds is 5. The number of aromatic nitrogens is 1. The molecule has 0 atom stereocenters. The van der Waals surface area contributed by atoms with Gasteiger partial charge in [-0.05, 0) is 42.5 Å². The van der Waals surface area contributed by atoms with E-state index in [0.717, 1.165) is 12.1 Å². The van der Waals surface area contributed by atoms with Crippen LogP contribution in [0, 0.1) is 11.6 Å². The van der Waals surface area contributed by atoms with Crippen LogP contribution in [0.2, 0.25) is 0 Å². The van der Waals surface area contributed by atoms with Crippen molar-refractivity contribution in [3.8, 4) is 0 Å². The first-order chi connectivity index (χ1) is 13.5. The number of esters is 1. The smallest absolute Gasteiger partial charge is 0.337 e. The van der Waals surface area contributed by atoms with Crippen LogP contribution in [0.25, 0.3) is 0 Å². The molecule has 6 nitrogen and oxygen atoms in total. The molecule has 0 spiro atoms. The number of nitrogens with one attached hydrogen (secondary N) is 2. The number of amides is 1. The molecule has 1 heterocycles. The van der Waals surface area contributed by atoms with Gasteiger partial charge in [0.25, 0.3) is 5.91 Å². The zero-order valence-electron chi connectivity index (χ0n) is 14.7. The van der Waals surface area contributed by atoms with Crippen molar-refractivity contribution in [2.75, 3.05) is 17.7 Å². The number of carbonyl (C=O) groups excluding carboxylic acids is 2.